The summed E-state index contributed by atoms with van der Waals surface area (Å²) in [5.74, 6) is 0.0191. The zero-order valence-electron chi connectivity index (χ0n) is 15.2. The number of thiophene rings is 2. The minimum absolute atomic E-state index is 0.192. The Morgan fingerprint density at radius 3 is 2.88 bits per heavy atom. The van der Waals surface area contributed by atoms with Gasteiger partial charge in [0.2, 0.25) is 5.91 Å². The first-order valence-corrected chi connectivity index (χ1v) is 10.5. The van der Waals surface area contributed by atoms with Crippen LogP contribution in [0, 0.1) is 5.92 Å². The molecular weight excluding hydrogens is 366 g/mol. The molecule has 1 aliphatic rings. The summed E-state index contributed by atoms with van der Waals surface area (Å²) < 4.78 is 5.43. The summed E-state index contributed by atoms with van der Waals surface area (Å²) in [6.07, 6.45) is 5.95. The first kappa shape index (κ1) is 18.9. The summed E-state index contributed by atoms with van der Waals surface area (Å²) in [4.78, 5) is 27.2. The highest BCUT2D eigenvalue weighted by molar-refractivity contribution is 7.17. The van der Waals surface area contributed by atoms with Crippen molar-refractivity contribution in [2.75, 3.05) is 5.32 Å². The Morgan fingerprint density at radius 1 is 1.38 bits per heavy atom. The molecule has 2 heterocycles. The van der Waals surface area contributed by atoms with Crippen LogP contribution in [0.15, 0.2) is 23.6 Å². The molecule has 1 atom stereocenters. The molecule has 0 radical (unpaired) electrons. The van der Waals surface area contributed by atoms with E-state index in [1.165, 1.54) is 22.3 Å². The van der Waals surface area contributed by atoms with Gasteiger partial charge >= 0.3 is 5.97 Å². The second-order valence-electron chi connectivity index (χ2n) is 6.85. The lowest BCUT2D eigenvalue weighted by molar-refractivity contribution is -0.111. The molecule has 0 spiro atoms. The zero-order valence-corrected chi connectivity index (χ0v) is 16.8. The Kier molecular flexibility index (Phi) is 5.94. The Balaban J connectivity index is 1.85. The van der Waals surface area contributed by atoms with Gasteiger partial charge in [0.1, 0.15) is 5.00 Å². The molecule has 6 heteroatoms. The van der Waals surface area contributed by atoms with Crippen LogP contribution in [0.4, 0.5) is 5.00 Å². The van der Waals surface area contributed by atoms with Gasteiger partial charge < -0.3 is 10.1 Å². The number of ether oxygens (including phenoxy) is 1. The maximum atomic E-state index is 12.6. The lowest BCUT2D eigenvalue weighted by atomic mass is 9.88. The molecule has 1 aliphatic carbocycles. The van der Waals surface area contributed by atoms with Gasteiger partial charge in [-0.25, -0.2) is 4.79 Å². The van der Waals surface area contributed by atoms with Crippen LogP contribution in [0.5, 0.6) is 0 Å². The molecule has 0 bridgehead atoms. The number of rotatable bonds is 5. The highest BCUT2D eigenvalue weighted by atomic mass is 32.1. The molecule has 2 aromatic heterocycles. The van der Waals surface area contributed by atoms with Gasteiger partial charge in [-0.3, -0.25) is 4.79 Å². The van der Waals surface area contributed by atoms with Gasteiger partial charge in [0.25, 0.3) is 0 Å². The van der Waals surface area contributed by atoms with Crippen LogP contribution in [-0.2, 0) is 22.4 Å². The molecule has 1 amide bonds. The van der Waals surface area contributed by atoms with E-state index >= 15 is 0 Å². The second kappa shape index (κ2) is 8.18. The third-order valence-electron chi connectivity index (χ3n) is 4.24. The molecule has 0 saturated carbocycles. The highest BCUT2D eigenvalue weighted by Gasteiger charge is 2.29. The minimum Gasteiger partial charge on any atom is -0.459 e. The summed E-state index contributed by atoms with van der Waals surface area (Å²) in [5.41, 5.74) is 1.60. The fraction of sp³-hybridized carbons (Fsp3) is 0.400. The van der Waals surface area contributed by atoms with E-state index in [1.807, 2.05) is 31.4 Å². The van der Waals surface area contributed by atoms with Crippen molar-refractivity contribution in [3.05, 3.63) is 44.5 Å². The number of anilines is 1. The van der Waals surface area contributed by atoms with Gasteiger partial charge in [0.15, 0.2) is 0 Å². The maximum absolute atomic E-state index is 12.6. The fourth-order valence-electron chi connectivity index (χ4n) is 3.03. The molecule has 1 N–H and O–H groups in total. The molecule has 26 heavy (non-hydrogen) atoms. The summed E-state index contributed by atoms with van der Waals surface area (Å²) in [5, 5.41) is 5.47. The average Bonchev–Trinajstić information content (AvgIpc) is 3.18. The molecule has 3 rings (SSSR count). The number of hydrogen-bond donors (Lipinski definition) is 1. The van der Waals surface area contributed by atoms with Crippen LogP contribution in [0.1, 0.15) is 52.9 Å². The molecule has 0 aliphatic heterocycles. The van der Waals surface area contributed by atoms with E-state index < -0.39 is 0 Å². The number of fused-ring (bicyclic) bond motifs is 1. The van der Waals surface area contributed by atoms with Crippen molar-refractivity contribution < 1.29 is 14.3 Å². The SMILES string of the molecule is CC1CCc2c(sc(NC(=O)C=Cc3cccs3)c2C(=O)OC(C)C)C1. The van der Waals surface area contributed by atoms with Crippen LogP contribution in [-0.4, -0.2) is 18.0 Å². The summed E-state index contributed by atoms with van der Waals surface area (Å²) >= 11 is 3.08. The van der Waals surface area contributed by atoms with Crippen molar-refractivity contribution in [2.45, 2.75) is 46.1 Å². The predicted octanol–water partition coefficient (Wildman–Crippen LogP) is 5.15. The van der Waals surface area contributed by atoms with E-state index in [-0.39, 0.29) is 18.0 Å². The van der Waals surface area contributed by atoms with Gasteiger partial charge in [-0.15, -0.1) is 22.7 Å². The van der Waals surface area contributed by atoms with Crippen molar-refractivity contribution in [2.24, 2.45) is 5.92 Å². The number of esters is 1. The Labute approximate surface area is 161 Å². The normalized spacial score (nSPS) is 16.7. The molecule has 4 nitrogen and oxygen atoms in total. The number of carbonyl (C=O) groups is 2. The first-order chi connectivity index (χ1) is 12.4. The van der Waals surface area contributed by atoms with Crippen molar-refractivity contribution >= 4 is 45.6 Å². The van der Waals surface area contributed by atoms with Gasteiger partial charge in [-0.05, 0) is 62.1 Å². The predicted molar refractivity (Wildman–Crippen MR) is 108 cm³/mol. The van der Waals surface area contributed by atoms with Crippen LogP contribution in [0.2, 0.25) is 0 Å². The van der Waals surface area contributed by atoms with E-state index in [4.69, 9.17) is 4.74 Å². The summed E-state index contributed by atoms with van der Waals surface area (Å²) in [6, 6.07) is 3.89. The van der Waals surface area contributed by atoms with Crippen LogP contribution in [0.3, 0.4) is 0 Å². The maximum Gasteiger partial charge on any atom is 0.341 e. The van der Waals surface area contributed by atoms with Gasteiger partial charge in [-0.1, -0.05) is 13.0 Å². The molecule has 0 saturated heterocycles. The molecule has 1 unspecified atom stereocenters. The van der Waals surface area contributed by atoms with Crippen LogP contribution < -0.4 is 5.32 Å². The molecule has 138 valence electrons. The Morgan fingerprint density at radius 2 is 2.19 bits per heavy atom. The van der Waals surface area contributed by atoms with E-state index in [9.17, 15) is 9.59 Å². The third-order valence-corrected chi connectivity index (χ3v) is 6.24. The van der Waals surface area contributed by atoms with Crippen molar-refractivity contribution in [1.29, 1.82) is 0 Å². The number of hydrogen-bond acceptors (Lipinski definition) is 5. The quantitative estimate of drug-likeness (QED) is 0.568. The lowest BCUT2D eigenvalue weighted by Gasteiger charge is -2.18. The van der Waals surface area contributed by atoms with E-state index in [1.54, 1.807) is 17.4 Å². The standard InChI is InChI=1S/C20H23NO3S2/c1-12(2)24-20(23)18-15-8-6-13(3)11-16(15)26-19(18)21-17(22)9-7-14-5-4-10-25-14/h4-5,7,9-10,12-13H,6,8,11H2,1-3H3,(H,21,22). The summed E-state index contributed by atoms with van der Waals surface area (Å²) in [7, 11) is 0. The number of nitrogens with one attached hydrogen (secondary N) is 1. The van der Waals surface area contributed by atoms with Crippen molar-refractivity contribution in [3.63, 3.8) is 0 Å². The largest absolute Gasteiger partial charge is 0.459 e. The van der Waals surface area contributed by atoms with Gasteiger partial charge in [0, 0.05) is 15.8 Å². The van der Waals surface area contributed by atoms with E-state index in [2.05, 4.69) is 12.2 Å². The van der Waals surface area contributed by atoms with Crippen LogP contribution in [0.25, 0.3) is 6.08 Å². The smallest absolute Gasteiger partial charge is 0.341 e. The monoisotopic (exact) mass is 389 g/mol. The topological polar surface area (TPSA) is 55.4 Å². The lowest BCUT2D eigenvalue weighted by Crippen LogP contribution is -2.18. The summed E-state index contributed by atoms with van der Waals surface area (Å²) in [6.45, 7) is 5.89. The molecule has 0 aromatic carbocycles. The molecule has 0 fully saturated rings. The van der Waals surface area contributed by atoms with E-state index in [0.29, 0.717) is 16.5 Å². The highest BCUT2D eigenvalue weighted by Crippen LogP contribution is 2.40. The molecule has 2 aromatic rings. The first-order valence-electron chi connectivity index (χ1n) is 8.82. The molecular formula is C20H23NO3S2. The Bertz CT molecular complexity index is 818. The second-order valence-corrected chi connectivity index (χ2v) is 8.93. The fourth-order valence-corrected chi connectivity index (χ4v) is 5.05. The number of carbonyl (C=O) groups excluding carboxylic acids is 2. The van der Waals surface area contributed by atoms with E-state index in [0.717, 1.165) is 29.7 Å². The third kappa shape index (κ3) is 4.43. The number of amides is 1. The zero-order chi connectivity index (χ0) is 18.7. The minimum atomic E-state index is -0.343. The van der Waals surface area contributed by atoms with Crippen LogP contribution >= 0.6 is 22.7 Å². The van der Waals surface area contributed by atoms with Crippen molar-refractivity contribution in [3.8, 4) is 0 Å². The average molecular weight is 390 g/mol. The van der Waals surface area contributed by atoms with Gasteiger partial charge in [0.05, 0.1) is 11.7 Å². The van der Waals surface area contributed by atoms with Crippen molar-refractivity contribution in [1.82, 2.24) is 0 Å². The Hall–Kier alpha value is -1.92. The van der Waals surface area contributed by atoms with Gasteiger partial charge in [-0.2, -0.15) is 0 Å².